The van der Waals surface area contributed by atoms with Crippen molar-refractivity contribution in [3.8, 4) is 11.1 Å². The average Bonchev–Trinajstić information content (AvgIpc) is 3.31. The van der Waals surface area contributed by atoms with Gasteiger partial charge in [0.2, 0.25) is 11.6 Å². The quantitative estimate of drug-likeness (QED) is 0.372. The standard InChI is InChI=1S/C28H33N3O3/c1-18(2)10-11-19-6-5-7-22(16-19)26(32)27-29-25(30-31-27)17-20-12-14-21(15-13-20)23-8-3-4-9-24(23)28(33)34/h3-4,8-9,12-15,18-19,22H,5-7,10-11,16-17H2,1-2H3,(H,33,34)(H,29,30,31). The second-order valence-corrected chi connectivity index (χ2v) is 9.90. The van der Waals surface area contributed by atoms with Crippen LogP contribution in [0, 0.1) is 17.8 Å². The number of benzene rings is 2. The zero-order valence-corrected chi connectivity index (χ0v) is 20.0. The molecule has 0 amide bonds. The third kappa shape index (κ3) is 5.79. The maximum Gasteiger partial charge on any atom is 0.336 e. The summed E-state index contributed by atoms with van der Waals surface area (Å²) >= 11 is 0. The molecule has 0 aliphatic heterocycles. The minimum atomic E-state index is -0.942. The van der Waals surface area contributed by atoms with Gasteiger partial charge in [0.25, 0.3) is 0 Å². The van der Waals surface area contributed by atoms with E-state index in [1.807, 2.05) is 36.4 Å². The number of Topliss-reactive ketones (excluding diaryl/α,β-unsaturated/α-hetero) is 1. The molecule has 0 spiro atoms. The normalized spacial score (nSPS) is 18.2. The van der Waals surface area contributed by atoms with Crippen LogP contribution in [0.5, 0.6) is 0 Å². The number of nitrogens with one attached hydrogen (secondary N) is 1. The second-order valence-electron chi connectivity index (χ2n) is 9.90. The number of carboxylic acids is 1. The van der Waals surface area contributed by atoms with Gasteiger partial charge in [0.15, 0.2) is 0 Å². The Morgan fingerprint density at radius 3 is 2.59 bits per heavy atom. The van der Waals surface area contributed by atoms with Gasteiger partial charge in [-0.15, -0.1) is 0 Å². The SMILES string of the molecule is CC(C)CCC1CCCC(C(=O)c2n[nH]c(Cc3ccc(-c4ccccc4C(=O)O)cc3)n2)C1. The highest BCUT2D eigenvalue weighted by Gasteiger charge is 2.30. The summed E-state index contributed by atoms with van der Waals surface area (Å²) in [5.74, 6) is 1.45. The van der Waals surface area contributed by atoms with Crippen LogP contribution >= 0.6 is 0 Å². The molecule has 34 heavy (non-hydrogen) atoms. The number of carboxylic acid groups (broad SMARTS) is 1. The Balaban J connectivity index is 1.39. The lowest BCUT2D eigenvalue weighted by molar-refractivity contribution is 0.0697. The number of carbonyl (C=O) groups is 2. The van der Waals surface area contributed by atoms with Crippen LogP contribution in [0.15, 0.2) is 48.5 Å². The fourth-order valence-electron chi connectivity index (χ4n) is 4.94. The molecule has 2 unspecified atom stereocenters. The number of H-pyrrole nitrogens is 1. The Labute approximate surface area is 200 Å². The van der Waals surface area contributed by atoms with E-state index in [9.17, 15) is 14.7 Å². The minimum Gasteiger partial charge on any atom is -0.478 e. The van der Waals surface area contributed by atoms with Gasteiger partial charge in [0.05, 0.1) is 5.56 Å². The molecule has 4 rings (SSSR count). The Hall–Kier alpha value is -3.28. The molecule has 1 saturated carbocycles. The number of aromatic nitrogens is 3. The van der Waals surface area contributed by atoms with Crippen LogP contribution in [0.25, 0.3) is 11.1 Å². The highest BCUT2D eigenvalue weighted by molar-refractivity contribution is 5.96. The van der Waals surface area contributed by atoms with Crippen molar-refractivity contribution in [2.45, 2.75) is 58.8 Å². The highest BCUT2D eigenvalue weighted by Crippen LogP contribution is 2.34. The van der Waals surface area contributed by atoms with E-state index in [1.54, 1.807) is 12.1 Å². The van der Waals surface area contributed by atoms with Crippen molar-refractivity contribution >= 4 is 11.8 Å². The van der Waals surface area contributed by atoms with Gasteiger partial charge in [-0.05, 0) is 47.4 Å². The van der Waals surface area contributed by atoms with E-state index in [2.05, 4.69) is 29.0 Å². The number of aromatic amines is 1. The molecule has 1 aliphatic rings. The maximum absolute atomic E-state index is 13.0. The summed E-state index contributed by atoms with van der Waals surface area (Å²) in [4.78, 5) is 29.1. The van der Waals surface area contributed by atoms with Crippen LogP contribution in [0.1, 0.15) is 84.7 Å². The largest absolute Gasteiger partial charge is 0.478 e. The zero-order chi connectivity index (χ0) is 24.1. The monoisotopic (exact) mass is 459 g/mol. The molecule has 0 saturated heterocycles. The smallest absolute Gasteiger partial charge is 0.336 e. The fraction of sp³-hybridized carbons (Fsp3) is 0.429. The third-order valence-corrected chi connectivity index (χ3v) is 6.85. The summed E-state index contributed by atoms with van der Waals surface area (Å²) in [5.41, 5.74) is 2.83. The minimum absolute atomic E-state index is 0.0307. The van der Waals surface area contributed by atoms with Crippen molar-refractivity contribution in [1.82, 2.24) is 15.2 Å². The van der Waals surface area contributed by atoms with Crippen molar-refractivity contribution in [3.05, 3.63) is 71.3 Å². The number of hydrogen-bond acceptors (Lipinski definition) is 4. The number of carbonyl (C=O) groups excluding carboxylic acids is 1. The number of aromatic carboxylic acids is 1. The molecular formula is C28H33N3O3. The molecule has 6 nitrogen and oxygen atoms in total. The van der Waals surface area contributed by atoms with Crippen molar-refractivity contribution in [2.75, 3.05) is 0 Å². The maximum atomic E-state index is 13.0. The topological polar surface area (TPSA) is 95.9 Å². The van der Waals surface area contributed by atoms with E-state index in [0.717, 1.165) is 30.4 Å². The van der Waals surface area contributed by atoms with Crippen LogP contribution in [0.4, 0.5) is 0 Å². The van der Waals surface area contributed by atoms with Crippen LogP contribution in [0.3, 0.4) is 0 Å². The number of rotatable bonds is 9. The first-order valence-electron chi connectivity index (χ1n) is 12.3. The van der Waals surface area contributed by atoms with Crippen LogP contribution in [-0.2, 0) is 6.42 Å². The van der Waals surface area contributed by atoms with Crippen molar-refractivity contribution in [3.63, 3.8) is 0 Å². The molecule has 2 atom stereocenters. The molecule has 1 heterocycles. The molecule has 178 valence electrons. The highest BCUT2D eigenvalue weighted by atomic mass is 16.4. The van der Waals surface area contributed by atoms with Gasteiger partial charge in [0, 0.05) is 12.3 Å². The van der Waals surface area contributed by atoms with Crippen molar-refractivity contribution in [1.29, 1.82) is 0 Å². The number of hydrogen-bond donors (Lipinski definition) is 2. The Morgan fingerprint density at radius 1 is 1.09 bits per heavy atom. The zero-order valence-electron chi connectivity index (χ0n) is 20.0. The first kappa shape index (κ1) is 23.9. The number of nitrogens with zero attached hydrogens (tertiary/aromatic N) is 2. The van der Waals surface area contributed by atoms with Gasteiger partial charge >= 0.3 is 5.97 Å². The van der Waals surface area contributed by atoms with E-state index >= 15 is 0 Å². The molecule has 2 N–H and O–H groups in total. The molecule has 0 radical (unpaired) electrons. The predicted molar refractivity (Wildman–Crippen MR) is 132 cm³/mol. The summed E-state index contributed by atoms with van der Waals surface area (Å²) in [6.45, 7) is 4.51. The van der Waals surface area contributed by atoms with Crippen LogP contribution in [-0.4, -0.2) is 32.0 Å². The molecule has 3 aromatic rings. The number of ketones is 1. The van der Waals surface area contributed by atoms with E-state index < -0.39 is 5.97 Å². The molecule has 2 aromatic carbocycles. The van der Waals surface area contributed by atoms with Crippen molar-refractivity contribution < 1.29 is 14.7 Å². The molecule has 0 bridgehead atoms. The van der Waals surface area contributed by atoms with E-state index in [0.29, 0.717) is 35.5 Å². The van der Waals surface area contributed by atoms with Gasteiger partial charge in [-0.3, -0.25) is 9.89 Å². The van der Waals surface area contributed by atoms with E-state index in [4.69, 9.17) is 0 Å². The lowest BCUT2D eigenvalue weighted by Gasteiger charge is -2.28. The van der Waals surface area contributed by atoms with Gasteiger partial charge in [-0.2, -0.15) is 5.10 Å². The van der Waals surface area contributed by atoms with Gasteiger partial charge in [0.1, 0.15) is 5.82 Å². The molecule has 6 heteroatoms. The first-order valence-corrected chi connectivity index (χ1v) is 12.3. The molecule has 1 aliphatic carbocycles. The molecule has 1 fully saturated rings. The van der Waals surface area contributed by atoms with Gasteiger partial charge < -0.3 is 5.11 Å². The summed E-state index contributed by atoms with van der Waals surface area (Å²) in [6.07, 6.45) is 7.17. The summed E-state index contributed by atoms with van der Waals surface area (Å²) in [7, 11) is 0. The Morgan fingerprint density at radius 2 is 1.85 bits per heavy atom. The lowest BCUT2D eigenvalue weighted by Crippen LogP contribution is -2.24. The summed E-state index contributed by atoms with van der Waals surface area (Å²) < 4.78 is 0. The lowest BCUT2D eigenvalue weighted by atomic mass is 9.77. The second kappa shape index (κ2) is 10.8. The Bertz CT molecular complexity index is 1130. The average molecular weight is 460 g/mol. The van der Waals surface area contributed by atoms with Gasteiger partial charge in [-0.25, -0.2) is 9.78 Å². The summed E-state index contributed by atoms with van der Waals surface area (Å²) in [6, 6.07) is 14.7. The van der Waals surface area contributed by atoms with Gasteiger partial charge in [-0.1, -0.05) is 82.0 Å². The first-order chi connectivity index (χ1) is 16.4. The Kier molecular flexibility index (Phi) is 7.56. The summed E-state index contributed by atoms with van der Waals surface area (Å²) in [5, 5.41) is 16.6. The third-order valence-electron chi connectivity index (χ3n) is 6.85. The molecule has 1 aromatic heterocycles. The van der Waals surface area contributed by atoms with E-state index in [1.165, 1.54) is 19.3 Å². The molecular weight excluding hydrogens is 426 g/mol. The predicted octanol–water partition coefficient (Wildman–Crippen LogP) is 6.19. The van der Waals surface area contributed by atoms with Crippen molar-refractivity contribution in [2.24, 2.45) is 17.8 Å². The fourth-order valence-corrected chi connectivity index (χ4v) is 4.94. The van der Waals surface area contributed by atoms with Crippen LogP contribution < -0.4 is 0 Å². The van der Waals surface area contributed by atoms with E-state index in [-0.39, 0.29) is 17.3 Å². The van der Waals surface area contributed by atoms with Crippen LogP contribution in [0.2, 0.25) is 0 Å².